The van der Waals surface area contributed by atoms with Crippen LogP contribution in [0.5, 0.6) is 11.5 Å². The number of hydrogen-bond acceptors (Lipinski definition) is 9. The maximum absolute atomic E-state index is 9.88. The molecule has 1 atom stereocenters. The minimum atomic E-state index is -0.226. The molecule has 2 aromatic heterocycles. The van der Waals surface area contributed by atoms with E-state index in [1.807, 2.05) is 37.3 Å². The predicted molar refractivity (Wildman–Crippen MR) is 166 cm³/mol. The summed E-state index contributed by atoms with van der Waals surface area (Å²) in [6.07, 6.45) is 2.99. The molecule has 2 aromatic carbocycles. The number of likely N-dealkylation sites (tertiary alicyclic amines) is 1. The molecule has 1 aliphatic rings. The van der Waals surface area contributed by atoms with Gasteiger partial charge in [0.1, 0.15) is 6.07 Å². The Kier molecular flexibility index (Phi) is 9.43. The molecule has 1 aliphatic heterocycles. The topological polar surface area (TPSA) is 108 Å². The van der Waals surface area contributed by atoms with Gasteiger partial charge in [0.15, 0.2) is 16.7 Å². The molecule has 0 aliphatic carbocycles. The van der Waals surface area contributed by atoms with Crippen LogP contribution in [0.3, 0.4) is 0 Å². The molecule has 1 unspecified atom stereocenters. The van der Waals surface area contributed by atoms with Crippen molar-refractivity contribution in [3.63, 3.8) is 0 Å². The Morgan fingerprint density at radius 2 is 2.07 bits per heavy atom. The monoisotopic (exact) mass is 606 g/mol. The molecule has 2 N–H and O–H groups in total. The lowest BCUT2D eigenvalue weighted by Crippen LogP contribution is -2.24. The van der Waals surface area contributed by atoms with Crippen molar-refractivity contribution in [1.82, 2.24) is 19.4 Å². The van der Waals surface area contributed by atoms with Gasteiger partial charge in [-0.3, -0.25) is 4.98 Å². The molecular weight excluding hydrogens is 572 g/mol. The van der Waals surface area contributed by atoms with E-state index in [0.29, 0.717) is 39.9 Å². The summed E-state index contributed by atoms with van der Waals surface area (Å²) in [5, 5.41) is 25.2. The highest BCUT2D eigenvalue weighted by Gasteiger charge is 2.20. The number of anilines is 2. The van der Waals surface area contributed by atoms with E-state index in [1.54, 1.807) is 13.3 Å². The molecule has 1 saturated heterocycles. The Labute approximate surface area is 255 Å². The van der Waals surface area contributed by atoms with Crippen LogP contribution in [0.2, 0.25) is 5.02 Å². The zero-order valence-electron chi connectivity index (χ0n) is 24.3. The number of nitrogens with zero attached hydrogens (tertiary/aromatic N) is 5. The number of aryl methyl sites for hydroxylation is 1. The number of pyridine rings is 1. The summed E-state index contributed by atoms with van der Waals surface area (Å²) in [4.78, 5) is 12.4. The molecule has 220 valence electrons. The van der Waals surface area contributed by atoms with Crippen LogP contribution < -0.4 is 14.8 Å². The lowest BCUT2D eigenvalue weighted by Gasteiger charge is -2.17. The van der Waals surface area contributed by atoms with Crippen LogP contribution in [0.1, 0.15) is 36.7 Å². The molecule has 4 aromatic rings. The smallest absolute Gasteiger partial charge is 0.173 e. The van der Waals surface area contributed by atoms with E-state index in [9.17, 15) is 10.4 Å². The molecule has 42 heavy (non-hydrogen) atoms. The molecule has 0 radical (unpaired) electrons. The number of benzene rings is 2. The molecule has 0 bridgehead atoms. The number of aromatic nitrogens is 3. The molecule has 9 nitrogen and oxygen atoms in total. The molecular formula is C31H35ClN6O3S. The van der Waals surface area contributed by atoms with Gasteiger partial charge in [0.25, 0.3) is 0 Å². The van der Waals surface area contributed by atoms with Crippen LogP contribution in [-0.2, 0) is 6.54 Å². The molecule has 0 saturated carbocycles. The van der Waals surface area contributed by atoms with E-state index >= 15 is 0 Å². The first kappa shape index (κ1) is 30.0. The fourth-order valence-electron chi connectivity index (χ4n) is 5.16. The Bertz CT molecular complexity index is 1640. The van der Waals surface area contributed by atoms with Crippen LogP contribution in [-0.4, -0.2) is 64.0 Å². The van der Waals surface area contributed by atoms with Gasteiger partial charge in [-0.05, 0) is 57.9 Å². The Balaban J connectivity index is 1.36. The van der Waals surface area contributed by atoms with E-state index in [4.69, 9.17) is 26.1 Å². The number of methoxy groups -OCH3 is 1. The van der Waals surface area contributed by atoms with Gasteiger partial charge in [0.05, 0.1) is 47.3 Å². The predicted octanol–water partition coefficient (Wildman–Crippen LogP) is 6.33. The highest BCUT2D eigenvalue weighted by atomic mass is 35.5. The summed E-state index contributed by atoms with van der Waals surface area (Å²) < 4.78 is 13.9. The van der Waals surface area contributed by atoms with Gasteiger partial charge < -0.3 is 29.4 Å². The second-order valence-electron chi connectivity index (χ2n) is 10.3. The maximum Gasteiger partial charge on any atom is 0.173 e. The third-order valence-electron chi connectivity index (χ3n) is 7.54. The van der Waals surface area contributed by atoms with Gasteiger partial charge in [-0.1, -0.05) is 23.4 Å². The van der Waals surface area contributed by atoms with E-state index < -0.39 is 0 Å². The number of aliphatic hydroxyl groups excluding tert-OH is 1. The summed E-state index contributed by atoms with van der Waals surface area (Å²) in [5.74, 6) is 1.15. The number of ether oxygens (including phenoxy) is 2. The van der Waals surface area contributed by atoms with E-state index in [-0.39, 0.29) is 6.10 Å². The molecule has 11 heteroatoms. The molecule has 0 amide bonds. The van der Waals surface area contributed by atoms with Crippen molar-refractivity contribution in [3.8, 4) is 17.6 Å². The number of hydrogen-bond donors (Lipinski definition) is 2. The number of imidazole rings is 1. The summed E-state index contributed by atoms with van der Waals surface area (Å²) in [5.41, 5.74) is 4.58. The van der Waals surface area contributed by atoms with Crippen molar-refractivity contribution in [2.45, 2.75) is 56.3 Å². The number of fused-ring (bicyclic) bond motifs is 1. The second-order valence-corrected chi connectivity index (χ2v) is 11.7. The first-order valence-electron chi connectivity index (χ1n) is 14.0. The fraction of sp³-hybridized carbons (Fsp3) is 0.387. The van der Waals surface area contributed by atoms with Gasteiger partial charge in [0, 0.05) is 60.1 Å². The largest absolute Gasteiger partial charge is 0.493 e. The number of rotatable bonds is 11. The number of nitriles is 1. The van der Waals surface area contributed by atoms with Crippen LogP contribution in [0.25, 0.3) is 10.9 Å². The standard InChI is InChI=1S/C31H35ClN6O3S/c1-5-38-20(3)19(2)35-31(38)42-29-8-7-22(13-25(29)32)36-30-21(16-33)17-34-26-15-28(27(40-4)14-24(26)30)41-12-6-10-37-11-9-23(39)18-37/h7-8,13-15,17,23,39H,5-6,9-12,18H2,1-4H3,(H,34,36). The van der Waals surface area contributed by atoms with Gasteiger partial charge in [-0.25, -0.2) is 4.98 Å². The van der Waals surface area contributed by atoms with Crippen LogP contribution >= 0.6 is 23.4 Å². The Morgan fingerprint density at radius 3 is 2.76 bits per heavy atom. The SMILES string of the molecule is CCn1c(Sc2ccc(Nc3c(C#N)cnc4cc(OCCCN5CCC(O)C5)c(OC)cc34)cc2Cl)nc(C)c1C. The van der Waals surface area contributed by atoms with Crippen LogP contribution in [0.15, 0.2) is 46.6 Å². The van der Waals surface area contributed by atoms with Crippen molar-refractivity contribution in [2.24, 2.45) is 0 Å². The molecule has 3 heterocycles. The summed E-state index contributed by atoms with van der Waals surface area (Å²) in [6.45, 7) is 10.0. The van der Waals surface area contributed by atoms with Gasteiger partial charge in [0.2, 0.25) is 0 Å². The summed E-state index contributed by atoms with van der Waals surface area (Å²) in [6, 6.07) is 11.7. The highest BCUT2D eigenvalue weighted by Crippen LogP contribution is 2.39. The maximum atomic E-state index is 9.88. The van der Waals surface area contributed by atoms with Crippen molar-refractivity contribution in [1.29, 1.82) is 5.26 Å². The normalized spacial score (nSPS) is 15.2. The van der Waals surface area contributed by atoms with Crippen molar-refractivity contribution in [3.05, 3.63) is 58.5 Å². The Hall–Kier alpha value is -3.49. The minimum absolute atomic E-state index is 0.226. The molecule has 0 spiro atoms. The fourth-order valence-corrected chi connectivity index (χ4v) is 6.50. The van der Waals surface area contributed by atoms with E-state index in [0.717, 1.165) is 71.5 Å². The molecule has 5 rings (SSSR count). The van der Waals surface area contributed by atoms with Crippen molar-refractivity contribution < 1.29 is 14.6 Å². The van der Waals surface area contributed by atoms with Crippen LogP contribution in [0.4, 0.5) is 11.4 Å². The minimum Gasteiger partial charge on any atom is -0.493 e. The number of halogens is 1. The summed E-state index contributed by atoms with van der Waals surface area (Å²) >= 11 is 8.26. The lowest BCUT2D eigenvalue weighted by molar-refractivity contribution is 0.172. The average Bonchev–Trinajstić information content (AvgIpc) is 3.52. The zero-order chi connectivity index (χ0) is 29.8. The quantitative estimate of drug-likeness (QED) is 0.189. The highest BCUT2D eigenvalue weighted by molar-refractivity contribution is 7.99. The third kappa shape index (κ3) is 6.45. The lowest BCUT2D eigenvalue weighted by atomic mass is 10.1. The van der Waals surface area contributed by atoms with Crippen molar-refractivity contribution >= 4 is 45.6 Å². The first-order chi connectivity index (χ1) is 20.3. The van der Waals surface area contributed by atoms with Crippen molar-refractivity contribution in [2.75, 3.05) is 38.7 Å². The zero-order valence-corrected chi connectivity index (χ0v) is 25.8. The average molecular weight is 607 g/mol. The number of nitrogens with one attached hydrogen (secondary N) is 1. The van der Waals surface area contributed by atoms with Crippen LogP contribution in [0, 0.1) is 25.2 Å². The third-order valence-corrected chi connectivity index (χ3v) is 9.03. The number of aliphatic hydroxyl groups is 1. The van der Waals surface area contributed by atoms with Gasteiger partial charge >= 0.3 is 0 Å². The van der Waals surface area contributed by atoms with Gasteiger partial charge in [-0.2, -0.15) is 5.26 Å². The first-order valence-corrected chi connectivity index (χ1v) is 15.2. The second kappa shape index (κ2) is 13.2. The summed E-state index contributed by atoms with van der Waals surface area (Å²) in [7, 11) is 1.59. The van der Waals surface area contributed by atoms with E-state index in [1.165, 1.54) is 11.8 Å². The molecule has 1 fully saturated rings. The Morgan fingerprint density at radius 1 is 1.24 bits per heavy atom. The number of β-amino-alcohol motifs (C(OH)–C–C–N with tert-alkyl or cyclic N) is 1. The van der Waals surface area contributed by atoms with Gasteiger partial charge in [-0.15, -0.1) is 0 Å². The van der Waals surface area contributed by atoms with E-state index in [2.05, 4.69) is 39.7 Å².